The molecule has 0 aliphatic carbocycles. The van der Waals surface area contributed by atoms with Gasteiger partial charge < -0.3 is 14.2 Å². The van der Waals surface area contributed by atoms with Gasteiger partial charge in [0.05, 0.1) is 0 Å². The highest BCUT2D eigenvalue weighted by Gasteiger charge is 2.19. The Morgan fingerprint density at radius 2 is 0.565 bits per heavy atom. The highest BCUT2D eigenvalue weighted by atomic mass is 16.6. The average molecular weight is 960 g/mol. The Morgan fingerprint density at radius 3 is 0.913 bits per heavy atom. The predicted octanol–water partition coefficient (Wildman–Crippen LogP) is 19.3. The van der Waals surface area contributed by atoms with Crippen molar-refractivity contribution in [2.45, 2.75) is 271 Å². The van der Waals surface area contributed by atoms with Crippen molar-refractivity contribution in [3.63, 3.8) is 0 Å². The van der Waals surface area contributed by atoms with Gasteiger partial charge in [-0.1, -0.05) is 227 Å². The average Bonchev–Trinajstić information content (AvgIpc) is 3.35. The first-order valence-corrected chi connectivity index (χ1v) is 28.7. The van der Waals surface area contributed by atoms with Crippen LogP contribution in [0.2, 0.25) is 0 Å². The van der Waals surface area contributed by atoms with Gasteiger partial charge in [-0.05, 0) is 116 Å². The van der Waals surface area contributed by atoms with E-state index in [1.807, 2.05) is 0 Å². The molecule has 0 N–H and O–H groups in total. The van der Waals surface area contributed by atoms with E-state index in [1.54, 1.807) is 0 Å². The second-order valence-electron chi connectivity index (χ2n) is 18.8. The van der Waals surface area contributed by atoms with Crippen molar-refractivity contribution in [3.05, 3.63) is 97.2 Å². The summed E-state index contributed by atoms with van der Waals surface area (Å²) in [6.45, 7) is 6.38. The smallest absolute Gasteiger partial charge is 0.306 e. The third kappa shape index (κ3) is 55.1. The number of carbonyl (C=O) groups excluding carboxylic acids is 3. The van der Waals surface area contributed by atoms with Gasteiger partial charge in [0.2, 0.25) is 0 Å². The van der Waals surface area contributed by atoms with E-state index in [0.717, 1.165) is 116 Å². The third-order valence-electron chi connectivity index (χ3n) is 12.1. The minimum Gasteiger partial charge on any atom is -0.462 e. The van der Waals surface area contributed by atoms with Crippen LogP contribution in [0.3, 0.4) is 0 Å². The third-order valence-corrected chi connectivity index (χ3v) is 12.1. The summed E-state index contributed by atoms with van der Waals surface area (Å²) in [5, 5.41) is 0. The first-order valence-electron chi connectivity index (χ1n) is 28.7. The molecule has 0 aliphatic heterocycles. The molecule has 0 aromatic carbocycles. The standard InChI is InChI=1S/C63H106O6/c1-4-7-10-13-16-19-22-25-27-29-30-31-32-34-35-38-41-44-47-50-53-56-62(65)68-59-60(58-67-61(64)55-52-49-46-43-40-37-24-21-18-15-12-9-6-3)69-63(66)57-54-51-48-45-42-39-36-33-28-26-23-20-17-14-11-8-5-2/h7,9-10,12,16,18-19,21,25-28,30-31,37,40,60H,4-6,8,11,13-15,17,20,22-24,29,32-36,38-39,41-59H2,1-3H3/b10-7-,12-9-,19-16-,21-18-,27-25-,28-26-,31-30-,40-37-. The maximum absolute atomic E-state index is 12.9. The highest BCUT2D eigenvalue weighted by Crippen LogP contribution is 2.15. The zero-order valence-corrected chi connectivity index (χ0v) is 45.0. The van der Waals surface area contributed by atoms with Crippen LogP contribution in [-0.4, -0.2) is 37.2 Å². The van der Waals surface area contributed by atoms with Crippen molar-refractivity contribution in [1.82, 2.24) is 0 Å². The van der Waals surface area contributed by atoms with Crippen LogP contribution in [0.25, 0.3) is 0 Å². The molecule has 0 aromatic rings. The molecule has 0 aliphatic rings. The van der Waals surface area contributed by atoms with E-state index in [9.17, 15) is 14.4 Å². The fourth-order valence-electron chi connectivity index (χ4n) is 7.80. The van der Waals surface area contributed by atoms with E-state index in [-0.39, 0.29) is 31.1 Å². The van der Waals surface area contributed by atoms with Crippen LogP contribution in [0.1, 0.15) is 265 Å². The molecule has 0 amide bonds. The van der Waals surface area contributed by atoms with Gasteiger partial charge in [-0.15, -0.1) is 0 Å². The van der Waals surface area contributed by atoms with E-state index in [2.05, 4.69) is 118 Å². The Bertz CT molecular complexity index is 1380. The maximum atomic E-state index is 12.9. The van der Waals surface area contributed by atoms with E-state index < -0.39 is 6.10 Å². The number of unbranched alkanes of at least 4 members (excludes halogenated alkanes) is 24. The van der Waals surface area contributed by atoms with Gasteiger partial charge in [-0.2, -0.15) is 0 Å². The van der Waals surface area contributed by atoms with Crippen LogP contribution in [-0.2, 0) is 28.6 Å². The molecule has 69 heavy (non-hydrogen) atoms. The number of hydrogen-bond donors (Lipinski definition) is 0. The summed E-state index contributed by atoms with van der Waals surface area (Å²) in [6, 6.07) is 0. The molecule has 0 bridgehead atoms. The molecule has 0 spiro atoms. The van der Waals surface area contributed by atoms with E-state index in [4.69, 9.17) is 14.2 Å². The van der Waals surface area contributed by atoms with Gasteiger partial charge in [0.15, 0.2) is 6.10 Å². The van der Waals surface area contributed by atoms with Crippen molar-refractivity contribution in [2.75, 3.05) is 13.2 Å². The first kappa shape index (κ1) is 65.3. The Hall–Kier alpha value is -3.67. The van der Waals surface area contributed by atoms with E-state index >= 15 is 0 Å². The lowest BCUT2D eigenvalue weighted by molar-refractivity contribution is -0.167. The van der Waals surface area contributed by atoms with Crippen LogP contribution in [0.5, 0.6) is 0 Å². The summed E-state index contributed by atoms with van der Waals surface area (Å²) in [4.78, 5) is 38.1. The molecule has 6 nitrogen and oxygen atoms in total. The number of hydrogen-bond acceptors (Lipinski definition) is 6. The number of carbonyl (C=O) groups is 3. The highest BCUT2D eigenvalue weighted by molar-refractivity contribution is 5.71. The van der Waals surface area contributed by atoms with Crippen molar-refractivity contribution >= 4 is 17.9 Å². The molecule has 0 rings (SSSR count). The summed E-state index contributed by atoms with van der Waals surface area (Å²) in [5.74, 6) is -0.932. The minimum absolute atomic E-state index is 0.0933. The van der Waals surface area contributed by atoms with Gasteiger partial charge in [-0.3, -0.25) is 14.4 Å². The monoisotopic (exact) mass is 959 g/mol. The molecule has 0 aromatic heterocycles. The largest absolute Gasteiger partial charge is 0.462 e. The van der Waals surface area contributed by atoms with Crippen LogP contribution in [0.4, 0.5) is 0 Å². The van der Waals surface area contributed by atoms with E-state index in [0.29, 0.717) is 19.3 Å². The molecule has 1 atom stereocenters. The second kappa shape index (κ2) is 56.9. The lowest BCUT2D eigenvalue weighted by atomic mass is 10.1. The lowest BCUT2D eigenvalue weighted by Crippen LogP contribution is -2.30. The summed E-state index contributed by atoms with van der Waals surface area (Å²) in [5.41, 5.74) is 0. The molecule has 0 heterocycles. The number of esters is 3. The zero-order valence-electron chi connectivity index (χ0n) is 45.0. The fraction of sp³-hybridized carbons (Fsp3) is 0.698. The zero-order chi connectivity index (χ0) is 50.0. The Kier molecular flexibility index (Phi) is 53.9. The summed E-state index contributed by atoms with van der Waals surface area (Å²) < 4.78 is 16.8. The Labute approximate surface area is 426 Å². The molecule has 1 unspecified atom stereocenters. The quantitative estimate of drug-likeness (QED) is 0.0262. The van der Waals surface area contributed by atoms with Crippen molar-refractivity contribution in [2.24, 2.45) is 0 Å². The van der Waals surface area contributed by atoms with Crippen LogP contribution in [0, 0.1) is 0 Å². The number of ether oxygens (including phenoxy) is 3. The normalized spacial score (nSPS) is 12.8. The Balaban J connectivity index is 4.40. The molecular weight excluding hydrogens is 853 g/mol. The molecule has 394 valence electrons. The number of rotatable bonds is 51. The van der Waals surface area contributed by atoms with Crippen molar-refractivity contribution < 1.29 is 28.6 Å². The molecule has 6 heteroatoms. The van der Waals surface area contributed by atoms with Gasteiger partial charge in [0.25, 0.3) is 0 Å². The SMILES string of the molecule is CC/C=C\C/C=C\C/C=C\C/C=C\CCCCCCCCCCC(=O)OCC(COC(=O)CCCCC/C=C\C/C=C\C/C=C\CC)OC(=O)CCCCCCCCC/C=C\CCCCCCCC. The second-order valence-corrected chi connectivity index (χ2v) is 18.8. The predicted molar refractivity (Wildman–Crippen MR) is 297 cm³/mol. The van der Waals surface area contributed by atoms with Crippen LogP contribution in [0.15, 0.2) is 97.2 Å². The topological polar surface area (TPSA) is 78.9 Å². The minimum atomic E-state index is -0.796. The number of allylic oxidation sites excluding steroid dienone is 16. The molecule has 0 saturated heterocycles. The maximum Gasteiger partial charge on any atom is 0.306 e. The van der Waals surface area contributed by atoms with Gasteiger partial charge in [-0.25, -0.2) is 0 Å². The van der Waals surface area contributed by atoms with Gasteiger partial charge in [0, 0.05) is 19.3 Å². The molecule has 0 radical (unpaired) electrons. The Morgan fingerprint density at radius 1 is 0.304 bits per heavy atom. The van der Waals surface area contributed by atoms with Crippen molar-refractivity contribution in [1.29, 1.82) is 0 Å². The van der Waals surface area contributed by atoms with Crippen LogP contribution < -0.4 is 0 Å². The molecule has 0 fully saturated rings. The van der Waals surface area contributed by atoms with E-state index in [1.165, 1.54) is 109 Å². The van der Waals surface area contributed by atoms with Gasteiger partial charge in [0.1, 0.15) is 13.2 Å². The lowest BCUT2D eigenvalue weighted by Gasteiger charge is -2.18. The van der Waals surface area contributed by atoms with Crippen LogP contribution >= 0.6 is 0 Å². The fourth-order valence-corrected chi connectivity index (χ4v) is 7.80. The summed E-state index contributed by atoms with van der Waals surface area (Å²) in [7, 11) is 0. The summed E-state index contributed by atoms with van der Waals surface area (Å²) >= 11 is 0. The molecular formula is C63H106O6. The van der Waals surface area contributed by atoms with Crippen molar-refractivity contribution in [3.8, 4) is 0 Å². The van der Waals surface area contributed by atoms with Gasteiger partial charge >= 0.3 is 17.9 Å². The summed E-state index contributed by atoms with van der Waals surface area (Å²) in [6.07, 6.45) is 75.4. The first-order chi connectivity index (χ1) is 34.0. The molecule has 0 saturated carbocycles.